The molecule has 0 saturated carbocycles. The Hall–Kier alpha value is -0.800. The molecule has 1 N–H and O–H groups in total. The van der Waals surface area contributed by atoms with E-state index in [4.69, 9.17) is 0 Å². The van der Waals surface area contributed by atoms with Crippen molar-refractivity contribution in [3.8, 4) is 0 Å². The van der Waals surface area contributed by atoms with Gasteiger partial charge in [0.2, 0.25) is 0 Å². The first-order valence-electron chi connectivity index (χ1n) is 7.38. The Morgan fingerprint density at radius 2 is 2.11 bits per heavy atom. The summed E-state index contributed by atoms with van der Waals surface area (Å²) in [6.45, 7) is 10.4. The Kier molecular flexibility index (Phi) is 5.26. The fraction of sp³-hybridized carbons (Fsp3) is 0.733. The van der Waals surface area contributed by atoms with Gasteiger partial charge in [-0.15, -0.1) is 0 Å². The molecule has 102 valence electrons. The molecule has 1 aliphatic heterocycles. The minimum atomic E-state index is 0.581. The van der Waals surface area contributed by atoms with Crippen molar-refractivity contribution in [2.75, 3.05) is 19.6 Å². The number of nitrogens with one attached hydrogen (secondary N) is 1. The molecule has 2 rings (SSSR count). The minimum absolute atomic E-state index is 0.581. The van der Waals surface area contributed by atoms with E-state index < -0.39 is 0 Å². The molecule has 1 aliphatic rings. The van der Waals surface area contributed by atoms with Crippen LogP contribution in [0.2, 0.25) is 0 Å². The van der Waals surface area contributed by atoms with Crippen molar-refractivity contribution < 1.29 is 0 Å². The lowest BCUT2D eigenvalue weighted by Gasteiger charge is -2.21. The van der Waals surface area contributed by atoms with Crippen LogP contribution in [0.3, 0.4) is 0 Å². The summed E-state index contributed by atoms with van der Waals surface area (Å²) in [7, 11) is 0. The van der Waals surface area contributed by atoms with Gasteiger partial charge in [0.05, 0.1) is 0 Å². The maximum atomic E-state index is 3.63. The van der Waals surface area contributed by atoms with Crippen LogP contribution < -0.4 is 5.32 Å². The van der Waals surface area contributed by atoms with Crippen molar-refractivity contribution in [1.82, 2.24) is 14.8 Å². The Morgan fingerprint density at radius 1 is 1.33 bits per heavy atom. The zero-order chi connectivity index (χ0) is 12.8. The molecule has 0 bridgehead atoms. The molecule has 1 atom stereocenters. The highest BCUT2D eigenvalue weighted by molar-refractivity contribution is 5.10. The van der Waals surface area contributed by atoms with E-state index in [1.54, 1.807) is 0 Å². The van der Waals surface area contributed by atoms with Crippen LogP contribution in [0.25, 0.3) is 0 Å². The van der Waals surface area contributed by atoms with Crippen molar-refractivity contribution >= 4 is 0 Å². The molecule has 1 aromatic heterocycles. The number of aryl methyl sites for hydroxylation is 1. The second-order valence-corrected chi connectivity index (χ2v) is 5.55. The molecular formula is C15H27N3. The number of hydrogen-bond donors (Lipinski definition) is 1. The van der Waals surface area contributed by atoms with E-state index in [0.29, 0.717) is 6.04 Å². The Bertz CT molecular complexity index is 339. The first kappa shape index (κ1) is 13.6. The van der Waals surface area contributed by atoms with Gasteiger partial charge in [0, 0.05) is 38.1 Å². The molecule has 1 unspecified atom stereocenters. The molecular weight excluding hydrogens is 222 g/mol. The molecule has 1 aromatic rings. The van der Waals surface area contributed by atoms with E-state index in [9.17, 15) is 0 Å². The average molecular weight is 249 g/mol. The zero-order valence-electron chi connectivity index (χ0n) is 11.9. The summed E-state index contributed by atoms with van der Waals surface area (Å²) in [6.07, 6.45) is 8.41. The number of likely N-dealkylation sites (tertiary alicyclic amines) is 1. The van der Waals surface area contributed by atoms with Crippen LogP contribution >= 0.6 is 0 Å². The minimum Gasteiger partial charge on any atom is -0.354 e. The predicted molar refractivity (Wildman–Crippen MR) is 76.7 cm³/mol. The number of aromatic nitrogens is 1. The number of hydrogen-bond acceptors (Lipinski definition) is 2. The van der Waals surface area contributed by atoms with Gasteiger partial charge in [-0.2, -0.15) is 0 Å². The largest absolute Gasteiger partial charge is 0.354 e. The van der Waals surface area contributed by atoms with Crippen LogP contribution in [0.5, 0.6) is 0 Å². The van der Waals surface area contributed by atoms with Crippen LogP contribution in [-0.2, 0) is 13.1 Å². The second-order valence-electron chi connectivity index (χ2n) is 5.55. The van der Waals surface area contributed by atoms with Gasteiger partial charge in [-0.1, -0.05) is 6.92 Å². The SMILES string of the molecule is CCCn1ccc(CNC(C)CN2CCCC2)c1. The lowest BCUT2D eigenvalue weighted by atomic mass is 10.2. The van der Waals surface area contributed by atoms with Gasteiger partial charge >= 0.3 is 0 Å². The van der Waals surface area contributed by atoms with Crippen LogP contribution in [0.1, 0.15) is 38.7 Å². The van der Waals surface area contributed by atoms with Gasteiger partial charge in [0.15, 0.2) is 0 Å². The number of rotatable bonds is 7. The van der Waals surface area contributed by atoms with Crippen LogP contribution in [0.4, 0.5) is 0 Å². The molecule has 0 spiro atoms. The highest BCUT2D eigenvalue weighted by Crippen LogP contribution is 2.08. The third-order valence-corrected chi connectivity index (χ3v) is 3.68. The van der Waals surface area contributed by atoms with Gasteiger partial charge < -0.3 is 14.8 Å². The van der Waals surface area contributed by atoms with Crippen LogP contribution in [0, 0.1) is 0 Å². The monoisotopic (exact) mass is 249 g/mol. The Balaban J connectivity index is 1.69. The molecule has 0 radical (unpaired) electrons. The predicted octanol–water partition coefficient (Wildman–Crippen LogP) is 2.47. The summed E-state index contributed by atoms with van der Waals surface area (Å²) < 4.78 is 2.28. The van der Waals surface area contributed by atoms with Crippen LogP contribution in [0.15, 0.2) is 18.5 Å². The van der Waals surface area contributed by atoms with E-state index in [2.05, 4.69) is 47.1 Å². The highest BCUT2D eigenvalue weighted by Gasteiger charge is 2.14. The van der Waals surface area contributed by atoms with Crippen molar-refractivity contribution in [1.29, 1.82) is 0 Å². The molecule has 3 heteroatoms. The van der Waals surface area contributed by atoms with E-state index in [-0.39, 0.29) is 0 Å². The van der Waals surface area contributed by atoms with Crippen molar-refractivity contribution in [3.05, 3.63) is 24.0 Å². The van der Waals surface area contributed by atoms with Gasteiger partial charge in [-0.3, -0.25) is 0 Å². The summed E-state index contributed by atoms with van der Waals surface area (Å²) in [4.78, 5) is 2.57. The summed E-state index contributed by atoms with van der Waals surface area (Å²) in [6, 6.07) is 2.81. The Morgan fingerprint density at radius 3 is 2.83 bits per heavy atom. The lowest BCUT2D eigenvalue weighted by Crippen LogP contribution is -2.37. The quantitative estimate of drug-likeness (QED) is 0.801. The summed E-state index contributed by atoms with van der Waals surface area (Å²) in [5, 5.41) is 3.63. The average Bonchev–Trinajstić information content (AvgIpc) is 2.99. The number of nitrogens with zero attached hydrogens (tertiary/aromatic N) is 2. The molecule has 2 heterocycles. The van der Waals surface area contributed by atoms with Gasteiger partial charge in [-0.25, -0.2) is 0 Å². The van der Waals surface area contributed by atoms with Gasteiger partial charge in [0.25, 0.3) is 0 Å². The molecule has 3 nitrogen and oxygen atoms in total. The Labute approximate surface area is 111 Å². The molecule has 18 heavy (non-hydrogen) atoms. The fourth-order valence-corrected chi connectivity index (χ4v) is 2.70. The summed E-state index contributed by atoms with van der Waals surface area (Å²) in [5.41, 5.74) is 1.40. The first-order valence-corrected chi connectivity index (χ1v) is 7.38. The van der Waals surface area contributed by atoms with E-state index in [1.165, 1.54) is 44.5 Å². The van der Waals surface area contributed by atoms with Crippen LogP contribution in [-0.4, -0.2) is 35.1 Å². The molecule has 0 aliphatic carbocycles. The molecule has 0 amide bonds. The molecule has 0 aromatic carbocycles. The van der Waals surface area contributed by atoms with Crippen molar-refractivity contribution in [2.45, 2.75) is 52.2 Å². The summed E-state index contributed by atoms with van der Waals surface area (Å²) >= 11 is 0. The topological polar surface area (TPSA) is 20.2 Å². The third-order valence-electron chi connectivity index (χ3n) is 3.68. The van der Waals surface area contributed by atoms with Gasteiger partial charge in [0.1, 0.15) is 0 Å². The van der Waals surface area contributed by atoms with E-state index in [0.717, 1.165) is 13.1 Å². The normalized spacial score (nSPS) is 18.3. The maximum Gasteiger partial charge on any atom is 0.0223 e. The van der Waals surface area contributed by atoms with Crippen molar-refractivity contribution in [2.24, 2.45) is 0 Å². The third kappa shape index (κ3) is 4.14. The lowest BCUT2D eigenvalue weighted by molar-refractivity contribution is 0.298. The maximum absolute atomic E-state index is 3.63. The zero-order valence-corrected chi connectivity index (χ0v) is 11.9. The van der Waals surface area contributed by atoms with Crippen molar-refractivity contribution in [3.63, 3.8) is 0 Å². The molecule has 1 fully saturated rings. The highest BCUT2D eigenvalue weighted by atomic mass is 15.2. The second kappa shape index (κ2) is 6.95. The van der Waals surface area contributed by atoms with E-state index in [1.807, 2.05) is 0 Å². The van der Waals surface area contributed by atoms with E-state index >= 15 is 0 Å². The summed E-state index contributed by atoms with van der Waals surface area (Å²) in [5.74, 6) is 0. The standard InChI is InChI=1S/C15H27N3/c1-3-7-17-10-6-15(13-17)11-16-14(2)12-18-8-4-5-9-18/h6,10,13-14,16H,3-5,7-9,11-12H2,1-2H3. The fourth-order valence-electron chi connectivity index (χ4n) is 2.70. The first-order chi connectivity index (χ1) is 8.78. The molecule has 1 saturated heterocycles. The smallest absolute Gasteiger partial charge is 0.0223 e. The van der Waals surface area contributed by atoms with Gasteiger partial charge in [-0.05, 0) is 50.9 Å².